The second kappa shape index (κ2) is 4.45. The van der Waals surface area contributed by atoms with E-state index >= 15 is 0 Å². The molecule has 1 aliphatic heterocycles. The second-order valence-electron chi connectivity index (χ2n) is 7.93. The van der Waals surface area contributed by atoms with Gasteiger partial charge in [-0.25, -0.2) is 4.98 Å². The number of hydrogen-bond acceptors (Lipinski definition) is 2. The standard InChI is InChI=1S/C19H24N2O/c1-18(2)9-6-10-19(3,17(18)22)16-14-8-5-4-7-13(14)15-11-20-12-21(15)16/h4-5,7-8,11-12,16-17,22H,6,9-10H2,1-3H3. The lowest BCUT2D eigenvalue weighted by atomic mass is 9.58. The van der Waals surface area contributed by atoms with E-state index in [0.29, 0.717) is 0 Å². The zero-order valence-corrected chi connectivity index (χ0v) is 13.6. The minimum absolute atomic E-state index is 0.0364. The van der Waals surface area contributed by atoms with Crippen LogP contribution in [-0.4, -0.2) is 20.8 Å². The highest BCUT2D eigenvalue weighted by Crippen LogP contribution is 2.57. The molecule has 3 heteroatoms. The van der Waals surface area contributed by atoms with Crippen molar-refractivity contribution in [1.29, 1.82) is 0 Å². The number of nitrogens with zero attached hydrogens (tertiary/aromatic N) is 2. The topological polar surface area (TPSA) is 38.0 Å². The number of hydrogen-bond donors (Lipinski definition) is 1. The third-order valence-electron chi connectivity index (χ3n) is 6.00. The Hall–Kier alpha value is -1.61. The number of aromatic nitrogens is 2. The van der Waals surface area contributed by atoms with Crippen LogP contribution in [-0.2, 0) is 0 Å². The summed E-state index contributed by atoms with van der Waals surface area (Å²) < 4.78 is 2.27. The van der Waals surface area contributed by atoms with Gasteiger partial charge in [0.05, 0.1) is 30.4 Å². The molecule has 0 amide bonds. The lowest BCUT2D eigenvalue weighted by molar-refractivity contribution is -0.100. The normalized spacial score (nSPS) is 32.5. The van der Waals surface area contributed by atoms with Gasteiger partial charge in [-0.15, -0.1) is 0 Å². The van der Waals surface area contributed by atoms with Gasteiger partial charge in [-0.1, -0.05) is 51.5 Å². The van der Waals surface area contributed by atoms with E-state index in [0.717, 1.165) is 12.8 Å². The summed E-state index contributed by atoms with van der Waals surface area (Å²) in [5.74, 6) is 0. The largest absolute Gasteiger partial charge is 0.392 e. The van der Waals surface area contributed by atoms with Crippen LogP contribution in [0.25, 0.3) is 11.3 Å². The van der Waals surface area contributed by atoms with Gasteiger partial charge in [0, 0.05) is 11.0 Å². The van der Waals surface area contributed by atoms with Crippen molar-refractivity contribution in [3.8, 4) is 11.3 Å². The van der Waals surface area contributed by atoms with Crippen LogP contribution in [0.3, 0.4) is 0 Å². The molecule has 1 fully saturated rings. The Morgan fingerprint density at radius 3 is 2.77 bits per heavy atom. The third kappa shape index (κ3) is 1.69. The molecule has 0 bridgehead atoms. The van der Waals surface area contributed by atoms with E-state index in [-0.39, 0.29) is 23.0 Å². The van der Waals surface area contributed by atoms with Crippen molar-refractivity contribution in [1.82, 2.24) is 9.55 Å². The SMILES string of the molecule is CC1(C)CCCC(C)(C2c3ccccc3-c3cncn32)C1O. The molecule has 1 aromatic carbocycles. The van der Waals surface area contributed by atoms with Gasteiger partial charge >= 0.3 is 0 Å². The van der Waals surface area contributed by atoms with Crippen LogP contribution < -0.4 is 0 Å². The molecule has 2 aliphatic rings. The zero-order chi connectivity index (χ0) is 15.5. The predicted molar refractivity (Wildman–Crippen MR) is 87.5 cm³/mol. The van der Waals surface area contributed by atoms with Crippen molar-refractivity contribution in [2.75, 3.05) is 0 Å². The highest BCUT2D eigenvalue weighted by atomic mass is 16.3. The molecular formula is C19H24N2O. The summed E-state index contributed by atoms with van der Waals surface area (Å²) in [5.41, 5.74) is 3.58. The maximum absolute atomic E-state index is 11.2. The summed E-state index contributed by atoms with van der Waals surface area (Å²) in [4.78, 5) is 4.36. The first kappa shape index (κ1) is 14.0. The van der Waals surface area contributed by atoms with Crippen LogP contribution in [0.4, 0.5) is 0 Å². The number of fused-ring (bicyclic) bond motifs is 3. The lowest BCUT2D eigenvalue weighted by Crippen LogP contribution is -2.50. The number of aliphatic hydroxyl groups is 1. The Morgan fingerprint density at radius 2 is 1.95 bits per heavy atom. The Bertz CT molecular complexity index is 718. The molecule has 1 saturated carbocycles. The third-order valence-corrected chi connectivity index (χ3v) is 6.00. The van der Waals surface area contributed by atoms with Gasteiger partial charge in [0.2, 0.25) is 0 Å². The van der Waals surface area contributed by atoms with Gasteiger partial charge in [0.1, 0.15) is 0 Å². The smallest absolute Gasteiger partial charge is 0.0956 e. The Morgan fingerprint density at radius 1 is 1.18 bits per heavy atom. The molecule has 0 radical (unpaired) electrons. The predicted octanol–water partition coefficient (Wildman–Crippen LogP) is 4.03. The van der Waals surface area contributed by atoms with Crippen LogP contribution in [0.15, 0.2) is 36.8 Å². The highest BCUT2D eigenvalue weighted by molar-refractivity contribution is 5.69. The number of rotatable bonds is 1. The van der Waals surface area contributed by atoms with Crippen LogP contribution in [0.5, 0.6) is 0 Å². The van der Waals surface area contributed by atoms with Crippen molar-refractivity contribution in [3.63, 3.8) is 0 Å². The Balaban J connectivity index is 1.89. The van der Waals surface area contributed by atoms with E-state index in [2.05, 4.69) is 54.6 Å². The van der Waals surface area contributed by atoms with E-state index in [9.17, 15) is 5.11 Å². The summed E-state index contributed by atoms with van der Waals surface area (Å²) in [6.07, 6.45) is 6.87. The van der Waals surface area contributed by atoms with E-state index in [1.807, 2.05) is 12.5 Å². The highest BCUT2D eigenvalue weighted by Gasteiger charge is 2.53. The van der Waals surface area contributed by atoms with Gasteiger partial charge in [0.25, 0.3) is 0 Å². The molecule has 3 nitrogen and oxygen atoms in total. The molecule has 2 aromatic rings. The Labute approximate surface area is 132 Å². The molecule has 0 saturated heterocycles. The van der Waals surface area contributed by atoms with Gasteiger partial charge in [-0.05, 0) is 23.8 Å². The molecule has 2 heterocycles. The molecule has 116 valence electrons. The van der Waals surface area contributed by atoms with E-state index < -0.39 is 0 Å². The monoisotopic (exact) mass is 296 g/mol. The Kier molecular flexibility index (Phi) is 2.83. The summed E-state index contributed by atoms with van der Waals surface area (Å²) >= 11 is 0. The second-order valence-corrected chi connectivity index (χ2v) is 7.93. The van der Waals surface area contributed by atoms with E-state index in [4.69, 9.17) is 0 Å². The van der Waals surface area contributed by atoms with Crippen molar-refractivity contribution in [2.24, 2.45) is 10.8 Å². The zero-order valence-electron chi connectivity index (χ0n) is 13.6. The quantitative estimate of drug-likeness (QED) is 0.862. The van der Waals surface area contributed by atoms with Crippen LogP contribution >= 0.6 is 0 Å². The minimum Gasteiger partial charge on any atom is -0.392 e. The average molecular weight is 296 g/mol. The number of benzene rings is 1. The van der Waals surface area contributed by atoms with Crippen molar-refractivity contribution in [2.45, 2.75) is 52.2 Å². The summed E-state index contributed by atoms with van der Waals surface area (Å²) in [6.45, 7) is 6.66. The number of aliphatic hydroxyl groups excluding tert-OH is 1. The lowest BCUT2D eigenvalue weighted by Gasteiger charge is -2.51. The first-order valence-electron chi connectivity index (χ1n) is 8.24. The summed E-state index contributed by atoms with van der Waals surface area (Å²) in [7, 11) is 0. The molecule has 1 aliphatic carbocycles. The first-order chi connectivity index (χ1) is 10.5. The molecule has 4 rings (SSSR count). The molecule has 3 atom stereocenters. The first-order valence-corrected chi connectivity index (χ1v) is 8.24. The van der Waals surface area contributed by atoms with Crippen LogP contribution in [0, 0.1) is 10.8 Å². The average Bonchev–Trinajstić information content (AvgIpc) is 3.04. The molecule has 0 spiro atoms. The fourth-order valence-corrected chi connectivity index (χ4v) is 4.89. The van der Waals surface area contributed by atoms with Gasteiger partial charge in [-0.2, -0.15) is 0 Å². The fourth-order valence-electron chi connectivity index (χ4n) is 4.89. The molecular weight excluding hydrogens is 272 g/mol. The fraction of sp³-hybridized carbons (Fsp3) is 0.526. The van der Waals surface area contributed by atoms with E-state index in [1.165, 1.54) is 23.2 Å². The summed E-state index contributed by atoms with van der Waals surface area (Å²) in [6, 6.07) is 8.76. The maximum Gasteiger partial charge on any atom is 0.0956 e. The van der Waals surface area contributed by atoms with Crippen molar-refractivity contribution >= 4 is 0 Å². The molecule has 3 unspecified atom stereocenters. The van der Waals surface area contributed by atoms with Gasteiger partial charge in [0.15, 0.2) is 0 Å². The van der Waals surface area contributed by atoms with Gasteiger partial charge in [-0.3, -0.25) is 0 Å². The maximum atomic E-state index is 11.2. The molecule has 1 aromatic heterocycles. The summed E-state index contributed by atoms with van der Waals surface area (Å²) in [5, 5.41) is 11.2. The van der Waals surface area contributed by atoms with E-state index in [1.54, 1.807) is 0 Å². The van der Waals surface area contributed by atoms with Crippen LogP contribution in [0.2, 0.25) is 0 Å². The minimum atomic E-state index is -0.319. The van der Waals surface area contributed by atoms with Gasteiger partial charge < -0.3 is 9.67 Å². The van der Waals surface area contributed by atoms with Crippen molar-refractivity contribution in [3.05, 3.63) is 42.4 Å². The number of imidazole rings is 1. The molecule has 1 N–H and O–H groups in total. The van der Waals surface area contributed by atoms with Crippen molar-refractivity contribution < 1.29 is 5.11 Å². The molecule has 22 heavy (non-hydrogen) atoms. The van der Waals surface area contributed by atoms with Crippen LogP contribution in [0.1, 0.15) is 51.6 Å².